The van der Waals surface area contributed by atoms with Crippen molar-refractivity contribution in [3.8, 4) is 0 Å². The smallest absolute Gasteiger partial charge is 0.343 e. The maximum atomic E-state index is 12.5. The van der Waals surface area contributed by atoms with E-state index >= 15 is 0 Å². The summed E-state index contributed by atoms with van der Waals surface area (Å²) in [5, 5.41) is 0. The molecule has 0 aromatic rings. The highest BCUT2D eigenvalue weighted by atomic mass is 19.4. The third-order valence-electron chi connectivity index (χ3n) is 5.32. The van der Waals surface area contributed by atoms with Crippen LogP contribution >= 0.6 is 0 Å². The molecule has 2 fully saturated rings. The first-order valence-electron chi connectivity index (χ1n) is 8.35. The van der Waals surface area contributed by atoms with E-state index in [1.54, 1.807) is 0 Å². The Kier molecular flexibility index (Phi) is 5.75. The number of likely N-dealkylation sites (tertiary alicyclic amines) is 1. The number of carbonyl (C=O) groups is 1. The SMILES string of the molecule is CC(CCCC(=O)N1CCCC1)N(C)C1CC(C(F)(F)F)C1. The third-order valence-corrected chi connectivity index (χ3v) is 5.32. The molecular weight excluding hydrogens is 293 g/mol. The van der Waals surface area contributed by atoms with Crippen LogP contribution in [-0.4, -0.2) is 54.1 Å². The van der Waals surface area contributed by atoms with Gasteiger partial charge in [-0.1, -0.05) is 0 Å². The van der Waals surface area contributed by atoms with E-state index in [0.717, 1.165) is 38.8 Å². The van der Waals surface area contributed by atoms with Crippen LogP contribution in [0.3, 0.4) is 0 Å². The summed E-state index contributed by atoms with van der Waals surface area (Å²) in [4.78, 5) is 15.9. The highest BCUT2D eigenvalue weighted by Crippen LogP contribution is 2.43. The largest absolute Gasteiger partial charge is 0.391 e. The predicted molar refractivity (Wildman–Crippen MR) is 79.5 cm³/mol. The van der Waals surface area contributed by atoms with E-state index in [1.807, 2.05) is 18.9 Å². The molecule has 2 rings (SSSR count). The van der Waals surface area contributed by atoms with Crippen molar-refractivity contribution in [3.05, 3.63) is 0 Å². The van der Waals surface area contributed by atoms with Gasteiger partial charge in [-0.3, -0.25) is 4.79 Å². The number of nitrogens with zero attached hydrogens (tertiary/aromatic N) is 2. The summed E-state index contributed by atoms with van der Waals surface area (Å²) in [6, 6.07) is 0.265. The number of hydrogen-bond donors (Lipinski definition) is 0. The minimum absolute atomic E-state index is 0.0379. The first-order valence-corrected chi connectivity index (χ1v) is 8.35. The maximum Gasteiger partial charge on any atom is 0.391 e. The summed E-state index contributed by atoms with van der Waals surface area (Å²) in [6.07, 6.45) is 0.851. The monoisotopic (exact) mass is 320 g/mol. The second kappa shape index (κ2) is 7.20. The molecule has 1 heterocycles. The number of alkyl halides is 3. The Balaban J connectivity index is 1.63. The third kappa shape index (κ3) is 4.37. The molecular formula is C16H27F3N2O. The van der Waals surface area contributed by atoms with Crippen molar-refractivity contribution < 1.29 is 18.0 Å². The van der Waals surface area contributed by atoms with E-state index in [0.29, 0.717) is 6.42 Å². The van der Waals surface area contributed by atoms with Gasteiger partial charge in [-0.15, -0.1) is 0 Å². The highest BCUT2D eigenvalue weighted by molar-refractivity contribution is 5.76. The van der Waals surface area contributed by atoms with E-state index in [4.69, 9.17) is 0 Å². The fourth-order valence-electron chi connectivity index (χ4n) is 3.42. The van der Waals surface area contributed by atoms with Gasteiger partial charge in [-0.05, 0) is 52.5 Å². The summed E-state index contributed by atoms with van der Waals surface area (Å²) in [6.45, 7) is 3.81. The maximum absolute atomic E-state index is 12.5. The molecule has 128 valence electrons. The molecule has 2 aliphatic rings. The molecule has 1 aliphatic carbocycles. The first-order chi connectivity index (χ1) is 10.3. The van der Waals surface area contributed by atoms with Crippen molar-refractivity contribution in [2.24, 2.45) is 5.92 Å². The van der Waals surface area contributed by atoms with Gasteiger partial charge >= 0.3 is 6.18 Å². The number of hydrogen-bond acceptors (Lipinski definition) is 2. The Bertz CT molecular complexity index is 374. The summed E-state index contributed by atoms with van der Waals surface area (Å²) in [5.74, 6) is -0.892. The van der Waals surface area contributed by atoms with E-state index in [1.165, 1.54) is 0 Å². The average Bonchev–Trinajstić information content (AvgIpc) is 2.88. The van der Waals surface area contributed by atoms with E-state index in [9.17, 15) is 18.0 Å². The molecule has 0 radical (unpaired) electrons. The van der Waals surface area contributed by atoms with Crippen LogP contribution in [0.2, 0.25) is 0 Å². The molecule has 3 nitrogen and oxygen atoms in total. The Hall–Kier alpha value is -0.780. The van der Waals surface area contributed by atoms with E-state index < -0.39 is 12.1 Å². The lowest BCUT2D eigenvalue weighted by molar-refractivity contribution is -0.207. The molecule has 1 aliphatic heterocycles. The van der Waals surface area contributed by atoms with Crippen molar-refractivity contribution in [2.45, 2.75) is 70.1 Å². The molecule has 6 heteroatoms. The summed E-state index contributed by atoms with van der Waals surface area (Å²) in [5.41, 5.74) is 0. The van der Waals surface area contributed by atoms with E-state index in [-0.39, 0.29) is 30.8 Å². The van der Waals surface area contributed by atoms with Crippen molar-refractivity contribution in [1.82, 2.24) is 9.80 Å². The van der Waals surface area contributed by atoms with Crippen LogP contribution < -0.4 is 0 Å². The van der Waals surface area contributed by atoms with E-state index in [2.05, 4.69) is 4.90 Å². The quantitative estimate of drug-likeness (QED) is 0.748. The van der Waals surface area contributed by atoms with Crippen LogP contribution in [-0.2, 0) is 4.79 Å². The molecule has 0 aromatic heterocycles. The molecule has 0 spiro atoms. The van der Waals surface area contributed by atoms with Crippen molar-refractivity contribution in [3.63, 3.8) is 0 Å². The Morgan fingerprint density at radius 2 is 1.86 bits per heavy atom. The normalized spacial score (nSPS) is 27.1. The minimum Gasteiger partial charge on any atom is -0.343 e. The number of amides is 1. The van der Waals surface area contributed by atoms with Crippen molar-refractivity contribution in [1.29, 1.82) is 0 Å². The molecule has 1 atom stereocenters. The summed E-state index contributed by atoms with van der Waals surface area (Å²) in [7, 11) is 1.91. The predicted octanol–water partition coefficient (Wildman–Crippen LogP) is 3.44. The Morgan fingerprint density at radius 3 is 2.41 bits per heavy atom. The molecule has 0 N–H and O–H groups in total. The van der Waals surface area contributed by atoms with Crippen LogP contribution in [0.4, 0.5) is 13.2 Å². The zero-order valence-corrected chi connectivity index (χ0v) is 13.5. The van der Waals surface area contributed by atoms with Gasteiger partial charge in [0.25, 0.3) is 0 Å². The van der Waals surface area contributed by atoms with Crippen LogP contribution in [0.25, 0.3) is 0 Å². The van der Waals surface area contributed by atoms with Gasteiger partial charge in [0, 0.05) is 31.6 Å². The molecule has 1 saturated heterocycles. The molecule has 0 bridgehead atoms. The minimum atomic E-state index is -4.04. The van der Waals surface area contributed by atoms with Crippen LogP contribution in [0, 0.1) is 5.92 Å². The molecule has 1 amide bonds. The Morgan fingerprint density at radius 1 is 1.27 bits per heavy atom. The first kappa shape index (κ1) is 17.6. The molecule has 22 heavy (non-hydrogen) atoms. The lowest BCUT2D eigenvalue weighted by atomic mass is 9.78. The lowest BCUT2D eigenvalue weighted by Crippen LogP contribution is -2.50. The average molecular weight is 320 g/mol. The fourth-order valence-corrected chi connectivity index (χ4v) is 3.42. The van der Waals surface area contributed by atoms with Gasteiger partial charge in [0.2, 0.25) is 5.91 Å². The molecule has 1 saturated carbocycles. The standard InChI is InChI=1S/C16H27F3N2O/c1-12(6-5-7-15(22)21-8-3-4-9-21)20(2)14-10-13(11-14)16(17,18)19/h12-14H,3-11H2,1-2H3. The van der Waals surface area contributed by atoms with Crippen molar-refractivity contribution >= 4 is 5.91 Å². The van der Waals surface area contributed by atoms with Gasteiger partial charge < -0.3 is 9.80 Å². The summed E-state index contributed by atoms with van der Waals surface area (Å²) >= 11 is 0. The zero-order valence-electron chi connectivity index (χ0n) is 13.5. The van der Waals surface area contributed by atoms with Crippen LogP contribution in [0.15, 0.2) is 0 Å². The second-order valence-electron chi connectivity index (χ2n) is 6.86. The van der Waals surface area contributed by atoms with Crippen LogP contribution in [0.5, 0.6) is 0 Å². The van der Waals surface area contributed by atoms with Gasteiger partial charge in [-0.2, -0.15) is 13.2 Å². The summed E-state index contributed by atoms with van der Waals surface area (Å²) < 4.78 is 37.6. The topological polar surface area (TPSA) is 23.6 Å². The Labute approximate surface area is 130 Å². The van der Waals surface area contributed by atoms with Gasteiger partial charge in [-0.25, -0.2) is 0 Å². The zero-order chi connectivity index (χ0) is 16.3. The molecule has 0 aromatic carbocycles. The van der Waals surface area contributed by atoms with Gasteiger partial charge in [0.1, 0.15) is 0 Å². The number of halogens is 3. The highest BCUT2D eigenvalue weighted by Gasteiger charge is 2.49. The fraction of sp³-hybridized carbons (Fsp3) is 0.938. The van der Waals surface area contributed by atoms with Crippen molar-refractivity contribution in [2.75, 3.05) is 20.1 Å². The van der Waals surface area contributed by atoms with Crippen LogP contribution in [0.1, 0.15) is 51.9 Å². The van der Waals surface area contributed by atoms with Gasteiger partial charge in [0.05, 0.1) is 5.92 Å². The second-order valence-corrected chi connectivity index (χ2v) is 6.86. The number of carbonyl (C=O) groups excluding carboxylic acids is 1. The number of rotatable bonds is 6. The lowest BCUT2D eigenvalue weighted by Gasteiger charge is -2.44. The van der Waals surface area contributed by atoms with Gasteiger partial charge in [0.15, 0.2) is 0 Å². The molecule has 1 unspecified atom stereocenters.